The zero-order chi connectivity index (χ0) is 11.8. The van der Waals surface area contributed by atoms with Crippen LogP contribution in [-0.4, -0.2) is 5.78 Å². The van der Waals surface area contributed by atoms with Crippen molar-refractivity contribution in [3.8, 4) is 0 Å². The van der Waals surface area contributed by atoms with Crippen molar-refractivity contribution in [1.29, 1.82) is 0 Å². The zero-order valence-corrected chi connectivity index (χ0v) is 12.1. The molecule has 1 aromatic heterocycles. The first-order chi connectivity index (χ1) is 8.25. The Hall–Kier alpha value is -0.680. The molecule has 3 rings (SSSR count). The first-order valence-corrected chi connectivity index (χ1v) is 7.55. The van der Waals surface area contributed by atoms with E-state index in [2.05, 4.69) is 34.7 Å². The van der Waals surface area contributed by atoms with Crippen molar-refractivity contribution in [2.75, 3.05) is 0 Å². The average molecular weight is 354 g/mol. The molecule has 2 aromatic rings. The van der Waals surface area contributed by atoms with Crippen LogP contribution < -0.4 is 0 Å². The number of thiophene rings is 1. The maximum Gasteiger partial charge on any atom is 0.167 e. The van der Waals surface area contributed by atoms with Crippen LogP contribution in [0, 0.1) is 8.80 Å². The fourth-order valence-electron chi connectivity index (χ4n) is 2.21. The molecular formula is C14H11IOS. The van der Waals surface area contributed by atoms with Gasteiger partial charge in [0.25, 0.3) is 0 Å². The molecule has 0 amide bonds. The predicted octanol–water partition coefficient (Wildman–Crippen LogP) is 4.34. The Morgan fingerprint density at radius 2 is 2.06 bits per heavy atom. The molecule has 2 unspecified atom stereocenters. The van der Waals surface area contributed by atoms with Crippen LogP contribution in [0.4, 0.5) is 0 Å². The van der Waals surface area contributed by atoms with Gasteiger partial charge in [-0.15, -0.1) is 11.3 Å². The molecule has 1 nitrogen and oxygen atoms in total. The van der Waals surface area contributed by atoms with Crippen LogP contribution in [0.2, 0.25) is 0 Å². The fraction of sp³-hybridized carbons (Fsp3) is 0.214. The molecule has 0 N–H and O–H groups in total. The third kappa shape index (κ3) is 2.31. The van der Waals surface area contributed by atoms with Crippen molar-refractivity contribution in [3.05, 3.63) is 55.8 Å². The lowest BCUT2D eigenvalue weighted by atomic mass is 10.1. The van der Waals surface area contributed by atoms with Crippen LogP contribution in [0.25, 0.3) is 0 Å². The maximum absolute atomic E-state index is 12.2. The minimum atomic E-state index is 0.211. The lowest BCUT2D eigenvalue weighted by molar-refractivity contribution is 0.0965. The molecular weight excluding hydrogens is 343 g/mol. The summed E-state index contributed by atoms with van der Waals surface area (Å²) in [6, 6.07) is 12.3. The molecule has 1 aliphatic carbocycles. The van der Waals surface area contributed by atoms with Crippen molar-refractivity contribution in [2.45, 2.75) is 12.3 Å². The quantitative estimate of drug-likeness (QED) is 0.592. The summed E-state index contributed by atoms with van der Waals surface area (Å²) >= 11 is 3.90. The summed E-state index contributed by atoms with van der Waals surface area (Å²) < 4.78 is 1.18. The van der Waals surface area contributed by atoms with Gasteiger partial charge in [-0.3, -0.25) is 4.79 Å². The highest BCUT2D eigenvalue weighted by Crippen LogP contribution is 2.49. The second-order valence-corrected chi connectivity index (χ2v) is 7.17. The van der Waals surface area contributed by atoms with Crippen LogP contribution in [0.1, 0.15) is 28.3 Å². The molecule has 2 atom stereocenters. The number of hydrogen-bond donors (Lipinski definition) is 0. The van der Waals surface area contributed by atoms with E-state index in [0.717, 1.165) is 12.0 Å². The van der Waals surface area contributed by atoms with E-state index in [-0.39, 0.29) is 5.92 Å². The van der Waals surface area contributed by atoms with Crippen LogP contribution >= 0.6 is 33.9 Å². The molecule has 0 bridgehead atoms. The van der Waals surface area contributed by atoms with E-state index in [1.807, 2.05) is 29.6 Å². The van der Waals surface area contributed by atoms with E-state index in [9.17, 15) is 4.79 Å². The average Bonchev–Trinajstić information content (AvgIpc) is 3.05. The van der Waals surface area contributed by atoms with Gasteiger partial charge >= 0.3 is 0 Å². The Morgan fingerprint density at radius 3 is 2.71 bits per heavy atom. The highest BCUT2D eigenvalue weighted by atomic mass is 127. The summed E-state index contributed by atoms with van der Waals surface area (Å²) in [5.41, 5.74) is 2.19. The molecule has 0 spiro atoms. The second kappa shape index (κ2) is 4.53. The molecule has 1 aromatic carbocycles. The van der Waals surface area contributed by atoms with Crippen molar-refractivity contribution >= 4 is 39.7 Å². The standard InChI is InChI=1S/C14H11IOS/c15-13-6-10(8-17-13)14(16)12-7-11(12)9-4-2-1-3-5-9/h1-6,8,11-12H,7H2. The minimum absolute atomic E-state index is 0.211. The molecule has 0 aliphatic heterocycles. The molecule has 1 heterocycles. The molecule has 1 fully saturated rings. The summed E-state index contributed by atoms with van der Waals surface area (Å²) in [5, 5.41) is 1.98. The Morgan fingerprint density at radius 1 is 1.29 bits per heavy atom. The van der Waals surface area contributed by atoms with Gasteiger partial charge in [-0.1, -0.05) is 30.3 Å². The summed E-state index contributed by atoms with van der Waals surface area (Å²) in [6.45, 7) is 0. The third-order valence-corrected chi connectivity index (χ3v) is 5.00. The normalized spacial score (nSPS) is 22.4. The molecule has 0 radical (unpaired) electrons. The third-order valence-electron chi connectivity index (χ3n) is 3.21. The number of ketones is 1. The topological polar surface area (TPSA) is 17.1 Å². The first kappa shape index (κ1) is 11.4. The number of benzene rings is 1. The zero-order valence-electron chi connectivity index (χ0n) is 9.10. The number of carbonyl (C=O) groups excluding carboxylic acids is 1. The number of carbonyl (C=O) groups is 1. The summed E-state index contributed by atoms with van der Waals surface area (Å²) in [6.07, 6.45) is 1.01. The molecule has 1 aliphatic rings. The van der Waals surface area contributed by atoms with Crippen LogP contribution in [0.15, 0.2) is 41.8 Å². The lowest BCUT2D eigenvalue weighted by Crippen LogP contribution is -2.01. The van der Waals surface area contributed by atoms with Gasteiger partial charge in [0.1, 0.15) is 0 Å². The Labute approximate surface area is 118 Å². The van der Waals surface area contributed by atoms with Crippen molar-refractivity contribution in [1.82, 2.24) is 0 Å². The molecule has 1 saturated carbocycles. The van der Waals surface area contributed by atoms with E-state index in [0.29, 0.717) is 11.7 Å². The summed E-state index contributed by atoms with van der Waals surface area (Å²) in [4.78, 5) is 12.2. The summed E-state index contributed by atoms with van der Waals surface area (Å²) in [5.74, 6) is 0.974. The largest absolute Gasteiger partial charge is 0.294 e. The van der Waals surface area contributed by atoms with Gasteiger partial charge in [-0.25, -0.2) is 0 Å². The van der Waals surface area contributed by atoms with E-state index < -0.39 is 0 Å². The van der Waals surface area contributed by atoms with Crippen molar-refractivity contribution in [2.24, 2.45) is 5.92 Å². The Kier molecular flexibility index (Phi) is 3.04. The van der Waals surface area contributed by atoms with E-state index in [4.69, 9.17) is 0 Å². The highest BCUT2D eigenvalue weighted by molar-refractivity contribution is 14.1. The summed E-state index contributed by atoms with van der Waals surface area (Å²) in [7, 11) is 0. The maximum atomic E-state index is 12.2. The van der Waals surface area contributed by atoms with Crippen molar-refractivity contribution < 1.29 is 4.79 Å². The predicted molar refractivity (Wildman–Crippen MR) is 78.7 cm³/mol. The molecule has 3 heteroatoms. The van der Waals surface area contributed by atoms with E-state index >= 15 is 0 Å². The molecule has 86 valence electrons. The number of halogens is 1. The van der Waals surface area contributed by atoms with Crippen molar-refractivity contribution in [3.63, 3.8) is 0 Å². The van der Waals surface area contributed by atoms with E-state index in [1.165, 1.54) is 8.45 Å². The lowest BCUT2D eigenvalue weighted by Gasteiger charge is -1.98. The van der Waals surface area contributed by atoms with Gasteiger partial charge in [-0.2, -0.15) is 0 Å². The van der Waals surface area contributed by atoms with Gasteiger partial charge in [0.2, 0.25) is 0 Å². The fourth-order valence-corrected chi connectivity index (χ4v) is 3.54. The SMILES string of the molecule is O=C(c1csc(I)c1)C1CC1c1ccccc1. The van der Waals surface area contributed by atoms with Crippen LogP contribution in [0.5, 0.6) is 0 Å². The van der Waals surface area contributed by atoms with E-state index in [1.54, 1.807) is 11.3 Å². The van der Waals surface area contributed by atoms with Crippen LogP contribution in [0.3, 0.4) is 0 Å². The number of Topliss-reactive ketones (excluding diaryl/α,β-unsaturated/α-hetero) is 1. The highest BCUT2D eigenvalue weighted by Gasteiger charge is 2.44. The number of hydrogen-bond acceptors (Lipinski definition) is 2. The van der Waals surface area contributed by atoms with Crippen LogP contribution in [-0.2, 0) is 0 Å². The smallest absolute Gasteiger partial charge is 0.167 e. The molecule has 0 saturated heterocycles. The monoisotopic (exact) mass is 354 g/mol. The van der Waals surface area contributed by atoms with Gasteiger partial charge in [0, 0.05) is 16.9 Å². The number of rotatable bonds is 3. The van der Waals surface area contributed by atoms with Gasteiger partial charge in [-0.05, 0) is 46.6 Å². The first-order valence-electron chi connectivity index (χ1n) is 5.59. The van der Waals surface area contributed by atoms with Gasteiger partial charge in [0.05, 0.1) is 2.88 Å². The molecule has 17 heavy (non-hydrogen) atoms. The Balaban J connectivity index is 1.75. The minimum Gasteiger partial charge on any atom is -0.294 e. The van der Waals surface area contributed by atoms with Gasteiger partial charge < -0.3 is 0 Å². The van der Waals surface area contributed by atoms with Gasteiger partial charge in [0.15, 0.2) is 5.78 Å². The Bertz CT molecular complexity index is 546. The second-order valence-electron chi connectivity index (χ2n) is 4.36.